The number of hydrogen-bond acceptors (Lipinski definition) is 1. The predicted molar refractivity (Wildman–Crippen MR) is 182 cm³/mol. The van der Waals surface area contributed by atoms with E-state index in [2.05, 4.69) is 153 Å². The van der Waals surface area contributed by atoms with Crippen LogP contribution < -0.4 is 0 Å². The van der Waals surface area contributed by atoms with E-state index in [0.717, 1.165) is 39.1 Å². The molecule has 6 aromatic carbocycles. The highest BCUT2D eigenvalue weighted by Gasteiger charge is 2.17. The zero-order valence-corrected chi connectivity index (χ0v) is 23.7. The smallest absolute Gasteiger partial charge is 0.212 e. The topological polar surface area (TPSA) is 27.9 Å². The summed E-state index contributed by atoms with van der Waals surface area (Å²) in [6.45, 7) is 0. The lowest BCUT2D eigenvalue weighted by atomic mass is 10.1. The van der Waals surface area contributed by atoms with Gasteiger partial charge in [0.25, 0.3) is 0 Å². The Hall–Kier alpha value is -6.00. The Kier molecular flexibility index (Phi) is 4.69. The summed E-state index contributed by atoms with van der Waals surface area (Å²) in [7, 11) is 0. The Labute approximate surface area is 252 Å². The van der Waals surface area contributed by atoms with Crippen LogP contribution in [0.25, 0.3) is 82.7 Å². The average Bonchev–Trinajstić information content (AvgIpc) is 3.83. The van der Waals surface area contributed by atoms with Crippen molar-refractivity contribution in [2.75, 3.05) is 0 Å². The normalized spacial score (nSPS) is 12.1. The van der Waals surface area contributed by atoms with E-state index in [1.54, 1.807) is 0 Å². The summed E-state index contributed by atoms with van der Waals surface area (Å²) in [4.78, 5) is 0. The molecule has 0 N–H and O–H groups in total. The molecule has 44 heavy (non-hydrogen) atoms. The fourth-order valence-corrected chi connectivity index (χ4v) is 7.17. The first kappa shape index (κ1) is 23.6. The highest BCUT2D eigenvalue weighted by Crippen LogP contribution is 2.37. The maximum atomic E-state index is 6.31. The maximum absolute atomic E-state index is 6.31. The highest BCUT2D eigenvalue weighted by atomic mass is 16.3. The minimum atomic E-state index is 0.862. The van der Waals surface area contributed by atoms with Crippen LogP contribution in [0.4, 0.5) is 0 Å². The van der Waals surface area contributed by atoms with Crippen LogP contribution >= 0.6 is 0 Å². The molecule has 206 valence electrons. The van der Waals surface area contributed by atoms with Crippen molar-refractivity contribution in [3.8, 4) is 17.1 Å². The Morgan fingerprint density at radius 3 is 1.61 bits per heavy atom. The summed E-state index contributed by atoms with van der Waals surface area (Å²) in [6, 6.07) is 52.0. The minimum Gasteiger partial charge on any atom is -0.439 e. The zero-order valence-electron chi connectivity index (χ0n) is 23.7. The van der Waals surface area contributed by atoms with Crippen molar-refractivity contribution < 1.29 is 4.42 Å². The fourth-order valence-electron chi connectivity index (χ4n) is 7.17. The van der Waals surface area contributed by atoms with Crippen LogP contribution in [-0.4, -0.2) is 13.7 Å². The maximum Gasteiger partial charge on any atom is 0.212 e. The third-order valence-electron chi connectivity index (χ3n) is 9.08. The largest absolute Gasteiger partial charge is 0.439 e. The molecule has 0 aliphatic heterocycles. The number of rotatable bonds is 3. The van der Waals surface area contributed by atoms with E-state index in [-0.39, 0.29) is 0 Å². The molecule has 4 nitrogen and oxygen atoms in total. The molecule has 0 saturated carbocycles. The van der Waals surface area contributed by atoms with Crippen LogP contribution in [0.2, 0.25) is 0 Å². The molecule has 0 fully saturated rings. The molecular weight excluding hydrogens is 538 g/mol. The lowest BCUT2D eigenvalue weighted by Crippen LogP contribution is -1.98. The van der Waals surface area contributed by atoms with Gasteiger partial charge in [-0.25, -0.2) is 0 Å². The van der Waals surface area contributed by atoms with Crippen molar-refractivity contribution in [2.45, 2.75) is 0 Å². The van der Waals surface area contributed by atoms with Crippen LogP contribution in [0.1, 0.15) is 0 Å². The third kappa shape index (κ3) is 3.17. The van der Waals surface area contributed by atoms with Gasteiger partial charge in [0.1, 0.15) is 5.58 Å². The number of benzene rings is 6. The van der Waals surface area contributed by atoms with Crippen molar-refractivity contribution >= 4 is 65.7 Å². The lowest BCUT2D eigenvalue weighted by Gasteiger charge is -2.12. The summed E-state index contributed by atoms with van der Waals surface area (Å²) < 4.78 is 13.2. The van der Waals surface area contributed by atoms with Crippen LogP contribution in [-0.2, 0) is 0 Å². The summed E-state index contributed by atoms with van der Waals surface area (Å²) in [6.07, 6.45) is 2.10. The average molecular weight is 564 g/mol. The first-order valence-electron chi connectivity index (χ1n) is 14.9. The van der Waals surface area contributed by atoms with Crippen LogP contribution in [0, 0.1) is 0 Å². The number of aromatic nitrogens is 3. The number of para-hydroxylation sites is 4. The monoisotopic (exact) mass is 563 g/mol. The molecule has 0 bridgehead atoms. The van der Waals surface area contributed by atoms with Gasteiger partial charge in [-0.3, -0.25) is 4.57 Å². The zero-order chi connectivity index (χ0) is 28.8. The summed E-state index contributed by atoms with van der Waals surface area (Å²) in [5.41, 5.74) is 9.88. The van der Waals surface area contributed by atoms with Crippen LogP contribution in [0.3, 0.4) is 0 Å². The fraction of sp³-hybridized carbons (Fsp3) is 0. The van der Waals surface area contributed by atoms with E-state index in [9.17, 15) is 0 Å². The van der Waals surface area contributed by atoms with Crippen molar-refractivity contribution in [3.63, 3.8) is 0 Å². The Morgan fingerprint density at radius 1 is 0.364 bits per heavy atom. The van der Waals surface area contributed by atoms with E-state index in [1.807, 2.05) is 12.1 Å². The van der Waals surface area contributed by atoms with Gasteiger partial charge in [-0.15, -0.1) is 0 Å². The first-order valence-corrected chi connectivity index (χ1v) is 14.9. The van der Waals surface area contributed by atoms with Gasteiger partial charge < -0.3 is 13.6 Å². The second-order valence-electron chi connectivity index (χ2n) is 11.4. The van der Waals surface area contributed by atoms with Gasteiger partial charge in [-0.2, -0.15) is 0 Å². The van der Waals surface area contributed by atoms with Gasteiger partial charge in [0, 0.05) is 49.9 Å². The molecule has 0 radical (unpaired) electrons. The second-order valence-corrected chi connectivity index (χ2v) is 11.4. The Morgan fingerprint density at radius 2 is 0.909 bits per heavy atom. The van der Waals surface area contributed by atoms with Crippen molar-refractivity contribution in [1.29, 1.82) is 0 Å². The molecular formula is C40H25N3O. The van der Waals surface area contributed by atoms with Gasteiger partial charge in [-0.1, -0.05) is 78.9 Å². The third-order valence-corrected chi connectivity index (χ3v) is 9.08. The van der Waals surface area contributed by atoms with E-state index in [1.165, 1.54) is 43.6 Å². The molecule has 4 aromatic heterocycles. The van der Waals surface area contributed by atoms with E-state index >= 15 is 0 Å². The van der Waals surface area contributed by atoms with E-state index < -0.39 is 0 Å². The molecule has 0 saturated heterocycles. The molecule has 10 rings (SSSR count). The van der Waals surface area contributed by atoms with Crippen molar-refractivity contribution in [1.82, 2.24) is 13.7 Å². The molecule has 4 heteroatoms. The number of fused-ring (bicyclic) bond motifs is 9. The predicted octanol–water partition coefficient (Wildman–Crippen LogP) is 10.6. The molecule has 0 amide bonds. The van der Waals surface area contributed by atoms with Gasteiger partial charge >= 0.3 is 0 Å². The number of furan rings is 1. The van der Waals surface area contributed by atoms with Crippen LogP contribution in [0.15, 0.2) is 156 Å². The second kappa shape index (κ2) is 8.76. The molecule has 0 aliphatic rings. The molecule has 0 aliphatic carbocycles. The Balaban J connectivity index is 1.19. The quantitative estimate of drug-likeness (QED) is 0.210. The molecule has 10 aromatic rings. The van der Waals surface area contributed by atoms with Crippen molar-refractivity contribution in [3.05, 3.63) is 152 Å². The van der Waals surface area contributed by atoms with Gasteiger partial charge in [0.15, 0.2) is 0 Å². The molecule has 0 unspecified atom stereocenters. The standard InChI is InChI=1S/C40H25N3O/c1-5-16-35-29(12-1)30-13-2-6-17-36(30)43(35)28-20-21-38-34(25-28)31-14-3-7-18-37(31)42(38)27-11-9-10-26(24-27)41-23-22-33-32-15-4-8-19-39(32)44-40(33)41/h1-25H. The minimum absolute atomic E-state index is 0.862. The highest BCUT2D eigenvalue weighted by molar-refractivity contribution is 6.12. The number of hydrogen-bond donors (Lipinski definition) is 0. The summed E-state index contributed by atoms with van der Waals surface area (Å²) in [5, 5.41) is 7.26. The Bertz CT molecular complexity index is 2680. The number of nitrogens with zero attached hydrogens (tertiary/aromatic N) is 3. The van der Waals surface area contributed by atoms with Gasteiger partial charge in [0.05, 0.1) is 27.8 Å². The van der Waals surface area contributed by atoms with Gasteiger partial charge in [-0.05, 0) is 66.7 Å². The summed E-state index contributed by atoms with van der Waals surface area (Å²) in [5.74, 6) is 0. The molecule has 4 heterocycles. The lowest BCUT2D eigenvalue weighted by molar-refractivity contribution is 0.643. The SMILES string of the molecule is c1cc(-n2ccc3c4ccccc4oc32)cc(-n2c3ccccc3c3cc(-n4c5ccccc5c5ccccc54)ccc32)c1. The first-order chi connectivity index (χ1) is 21.8. The van der Waals surface area contributed by atoms with Crippen molar-refractivity contribution in [2.24, 2.45) is 0 Å². The van der Waals surface area contributed by atoms with E-state index in [4.69, 9.17) is 4.42 Å². The van der Waals surface area contributed by atoms with Crippen LogP contribution in [0.5, 0.6) is 0 Å². The molecule has 0 atom stereocenters. The van der Waals surface area contributed by atoms with E-state index in [0.29, 0.717) is 0 Å². The molecule has 0 spiro atoms. The van der Waals surface area contributed by atoms with Gasteiger partial charge in [0.2, 0.25) is 5.71 Å². The summed E-state index contributed by atoms with van der Waals surface area (Å²) >= 11 is 0.